The number of amides is 1. The van der Waals surface area contributed by atoms with E-state index in [9.17, 15) is 4.79 Å². The Balaban J connectivity index is 1.46. The predicted octanol–water partition coefficient (Wildman–Crippen LogP) is 0.920. The Morgan fingerprint density at radius 3 is 2.79 bits per heavy atom. The lowest BCUT2D eigenvalue weighted by Gasteiger charge is -2.37. The molecule has 3 rings (SSSR count). The van der Waals surface area contributed by atoms with Crippen LogP contribution >= 0.6 is 11.3 Å². The zero-order valence-corrected chi connectivity index (χ0v) is 11.4. The van der Waals surface area contributed by atoms with E-state index in [1.807, 2.05) is 10.3 Å². The van der Waals surface area contributed by atoms with Gasteiger partial charge in [-0.2, -0.15) is 0 Å². The van der Waals surface area contributed by atoms with Gasteiger partial charge in [0.25, 0.3) is 0 Å². The van der Waals surface area contributed by atoms with Crippen LogP contribution in [0.5, 0.6) is 0 Å². The number of piperidine rings is 1. The van der Waals surface area contributed by atoms with Crippen molar-refractivity contribution in [3.05, 3.63) is 11.6 Å². The third kappa shape index (κ3) is 2.88. The smallest absolute Gasteiger partial charge is 0.241 e. The summed E-state index contributed by atoms with van der Waals surface area (Å²) in [6, 6.07) is 0. The van der Waals surface area contributed by atoms with Gasteiger partial charge in [-0.1, -0.05) is 0 Å². The molecule has 1 amide bonds. The number of carbonyl (C=O) groups is 1. The highest BCUT2D eigenvalue weighted by Crippen LogP contribution is 2.31. The Bertz CT molecular complexity index is 421. The van der Waals surface area contributed by atoms with Crippen LogP contribution in [0.25, 0.3) is 0 Å². The molecule has 2 saturated heterocycles. The number of anilines is 1. The van der Waals surface area contributed by atoms with Crippen molar-refractivity contribution < 1.29 is 14.3 Å². The number of likely N-dealkylation sites (tertiary alicyclic amines) is 1. The van der Waals surface area contributed by atoms with Gasteiger partial charge < -0.3 is 19.7 Å². The number of nitrogens with zero attached hydrogens (tertiary/aromatic N) is 2. The van der Waals surface area contributed by atoms with Crippen molar-refractivity contribution >= 4 is 22.4 Å². The Kier molecular flexibility index (Phi) is 3.67. The van der Waals surface area contributed by atoms with Gasteiger partial charge in [-0.15, -0.1) is 11.3 Å². The summed E-state index contributed by atoms with van der Waals surface area (Å²) in [5.74, 6) is -0.317. The highest BCUT2D eigenvalue weighted by Gasteiger charge is 2.40. The second kappa shape index (κ2) is 5.44. The van der Waals surface area contributed by atoms with E-state index < -0.39 is 5.79 Å². The summed E-state index contributed by atoms with van der Waals surface area (Å²) < 4.78 is 11.3. The van der Waals surface area contributed by atoms with Crippen LogP contribution in [-0.4, -0.2) is 54.4 Å². The van der Waals surface area contributed by atoms with Crippen molar-refractivity contribution in [3.8, 4) is 0 Å². The number of thiazole rings is 1. The van der Waals surface area contributed by atoms with Crippen LogP contribution in [0.1, 0.15) is 12.8 Å². The van der Waals surface area contributed by atoms with Gasteiger partial charge in [-0.3, -0.25) is 4.79 Å². The average molecular weight is 283 g/mol. The van der Waals surface area contributed by atoms with Crippen LogP contribution in [0.3, 0.4) is 0 Å². The molecule has 0 unspecified atom stereocenters. The predicted molar refractivity (Wildman–Crippen MR) is 71.1 cm³/mol. The van der Waals surface area contributed by atoms with E-state index in [1.54, 1.807) is 6.20 Å². The highest BCUT2D eigenvalue weighted by atomic mass is 32.1. The first kappa shape index (κ1) is 12.8. The zero-order chi connectivity index (χ0) is 13.1. The summed E-state index contributed by atoms with van der Waals surface area (Å²) in [6.07, 6.45) is 3.24. The third-order valence-electron chi connectivity index (χ3n) is 3.51. The third-order valence-corrected chi connectivity index (χ3v) is 4.25. The number of hydrogen-bond acceptors (Lipinski definition) is 6. The molecule has 0 saturated carbocycles. The lowest BCUT2D eigenvalue weighted by molar-refractivity contribution is -0.187. The molecular formula is C12H17N3O3S. The van der Waals surface area contributed by atoms with Gasteiger partial charge in [0.05, 0.1) is 19.8 Å². The molecule has 2 aliphatic heterocycles. The first-order valence-corrected chi connectivity index (χ1v) is 7.34. The summed E-state index contributed by atoms with van der Waals surface area (Å²) in [7, 11) is 0. The number of ether oxygens (including phenoxy) is 2. The molecule has 6 nitrogen and oxygen atoms in total. The van der Waals surface area contributed by atoms with Crippen molar-refractivity contribution in [2.24, 2.45) is 0 Å². The number of hydrogen-bond donors (Lipinski definition) is 1. The molecular weight excluding hydrogens is 266 g/mol. The molecule has 1 N–H and O–H groups in total. The van der Waals surface area contributed by atoms with E-state index in [1.165, 1.54) is 11.3 Å². The first-order chi connectivity index (χ1) is 9.27. The average Bonchev–Trinajstić information content (AvgIpc) is 3.09. The van der Waals surface area contributed by atoms with Crippen molar-refractivity contribution in [1.82, 2.24) is 9.88 Å². The molecule has 7 heteroatoms. The lowest BCUT2D eigenvalue weighted by Crippen LogP contribution is -2.48. The molecule has 0 atom stereocenters. The minimum absolute atomic E-state index is 0.100. The maximum atomic E-state index is 12.1. The molecule has 1 aromatic heterocycles. The van der Waals surface area contributed by atoms with Crippen LogP contribution < -0.4 is 5.32 Å². The van der Waals surface area contributed by atoms with Crippen molar-refractivity contribution in [1.29, 1.82) is 0 Å². The van der Waals surface area contributed by atoms with Crippen molar-refractivity contribution in [2.75, 3.05) is 38.2 Å². The van der Waals surface area contributed by atoms with E-state index in [4.69, 9.17) is 9.47 Å². The van der Waals surface area contributed by atoms with Crippen LogP contribution in [0.4, 0.5) is 5.13 Å². The highest BCUT2D eigenvalue weighted by molar-refractivity contribution is 7.13. The fourth-order valence-corrected chi connectivity index (χ4v) is 2.98. The maximum Gasteiger partial charge on any atom is 0.241 e. The topological polar surface area (TPSA) is 63.7 Å². The van der Waals surface area contributed by atoms with Crippen molar-refractivity contribution in [2.45, 2.75) is 18.6 Å². The summed E-state index contributed by atoms with van der Waals surface area (Å²) in [4.78, 5) is 18.0. The molecule has 0 bridgehead atoms. The van der Waals surface area contributed by atoms with Crippen LogP contribution in [0.15, 0.2) is 11.6 Å². The van der Waals surface area contributed by atoms with Crippen LogP contribution in [-0.2, 0) is 14.3 Å². The minimum Gasteiger partial charge on any atom is -0.352 e. The molecule has 2 fully saturated rings. The Hall–Kier alpha value is -1.18. The molecule has 19 heavy (non-hydrogen) atoms. The Morgan fingerprint density at radius 2 is 2.16 bits per heavy atom. The monoisotopic (exact) mass is 283 g/mol. The van der Waals surface area contributed by atoms with Crippen molar-refractivity contribution in [3.63, 3.8) is 0 Å². The molecule has 3 heterocycles. The van der Waals surface area contributed by atoms with Gasteiger partial charge in [0.15, 0.2) is 10.9 Å². The normalized spacial score (nSPS) is 21.8. The second-order valence-corrected chi connectivity index (χ2v) is 5.57. The Labute approximate surface area is 115 Å². The zero-order valence-electron chi connectivity index (χ0n) is 10.6. The summed E-state index contributed by atoms with van der Waals surface area (Å²) >= 11 is 1.49. The fraction of sp³-hybridized carbons (Fsp3) is 0.667. The van der Waals surface area contributed by atoms with Crippen LogP contribution in [0.2, 0.25) is 0 Å². The molecule has 0 aliphatic carbocycles. The number of rotatable bonds is 3. The van der Waals surface area contributed by atoms with E-state index in [0.717, 1.165) is 18.0 Å². The SMILES string of the molecule is O=C(CNc1nccs1)N1CCC2(CC1)OCCO2. The molecule has 0 aromatic carbocycles. The molecule has 2 aliphatic rings. The Morgan fingerprint density at radius 1 is 1.42 bits per heavy atom. The van der Waals surface area contributed by atoms with Gasteiger partial charge in [0, 0.05) is 37.5 Å². The molecule has 0 radical (unpaired) electrons. The lowest BCUT2D eigenvalue weighted by atomic mass is 10.0. The first-order valence-electron chi connectivity index (χ1n) is 6.46. The summed E-state index contributed by atoms with van der Waals surface area (Å²) in [5, 5.41) is 5.70. The van der Waals surface area contributed by atoms with Gasteiger partial charge in [0.2, 0.25) is 5.91 Å². The van der Waals surface area contributed by atoms with Gasteiger partial charge in [-0.05, 0) is 0 Å². The molecule has 1 spiro atoms. The van der Waals surface area contributed by atoms with E-state index in [0.29, 0.717) is 32.8 Å². The molecule has 104 valence electrons. The summed E-state index contributed by atoms with van der Waals surface area (Å²) in [5.41, 5.74) is 0. The van der Waals surface area contributed by atoms with Gasteiger partial charge >= 0.3 is 0 Å². The largest absolute Gasteiger partial charge is 0.352 e. The summed E-state index contributed by atoms with van der Waals surface area (Å²) in [6.45, 7) is 3.01. The standard InChI is InChI=1S/C12H17N3O3S/c16-10(9-14-11-13-3-8-19-11)15-4-1-12(2-5-15)17-6-7-18-12/h3,8H,1-2,4-7,9H2,(H,13,14). The number of nitrogens with one attached hydrogen (secondary N) is 1. The van der Waals surface area contributed by atoms with E-state index in [-0.39, 0.29) is 5.91 Å². The van der Waals surface area contributed by atoms with Gasteiger partial charge in [0.1, 0.15) is 0 Å². The van der Waals surface area contributed by atoms with Gasteiger partial charge in [-0.25, -0.2) is 4.98 Å². The van der Waals surface area contributed by atoms with E-state index >= 15 is 0 Å². The quantitative estimate of drug-likeness (QED) is 0.893. The minimum atomic E-state index is -0.417. The second-order valence-electron chi connectivity index (χ2n) is 4.68. The molecule has 1 aromatic rings. The maximum absolute atomic E-state index is 12.1. The number of aromatic nitrogens is 1. The van der Waals surface area contributed by atoms with Crippen LogP contribution in [0, 0.1) is 0 Å². The van der Waals surface area contributed by atoms with E-state index in [2.05, 4.69) is 10.3 Å². The fourth-order valence-electron chi connectivity index (χ4n) is 2.46. The number of carbonyl (C=O) groups excluding carboxylic acids is 1.